The molecule has 3 nitrogen and oxygen atoms in total. The summed E-state index contributed by atoms with van der Waals surface area (Å²) < 4.78 is 0. The SMILES string of the molecule is CCC(C)NC(C)(C(=O)O)c1ccc(C)cc1. The lowest BCUT2D eigenvalue weighted by molar-refractivity contribution is -0.145. The topological polar surface area (TPSA) is 49.3 Å². The monoisotopic (exact) mass is 235 g/mol. The zero-order chi connectivity index (χ0) is 13.1. The summed E-state index contributed by atoms with van der Waals surface area (Å²) in [6, 6.07) is 7.79. The second-order valence-corrected chi connectivity index (χ2v) is 4.75. The predicted molar refractivity (Wildman–Crippen MR) is 69.1 cm³/mol. The largest absolute Gasteiger partial charge is 0.480 e. The van der Waals surface area contributed by atoms with Gasteiger partial charge in [0.2, 0.25) is 0 Å². The molecule has 0 saturated carbocycles. The van der Waals surface area contributed by atoms with Crippen LogP contribution in [0.1, 0.15) is 38.3 Å². The molecule has 2 N–H and O–H groups in total. The van der Waals surface area contributed by atoms with Gasteiger partial charge in [-0.1, -0.05) is 36.8 Å². The molecule has 0 amide bonds. The fourth-order valence-electron chi connectivity index (χ4n) is 1.75. The third-order valence-electron chi connectivity index (χ3n) is 3.20. The van der Waals surface area contributed by atoms with Crippen LogP contribution in [0.3, 0.4) is 0 Å². The zero-order valence-electron chi connectivity index (χ0n) is 10.9. The van der Waals surface area contributed by atoms with Gasteiger partial charge in [-0.05, 0) is 32.8 Å². The van der Waals surface area contributed by atoms with E-state index in [1.54, 1.807) is 6.92 Å². The average molecular weight is 235 g/mol. The summed E-state index contributed by atoms with van der Waals surface area (Å²) in [5.41, 5.74) is 0.893. The number of hydrogen-bond donors (Lipinski definition) is 2. The highest BCUT2D eigenvalue weighted by molar-refractivity contribution is 5.80. The van der Waals surface area contributed by atoms with E-state index in [4.69, 9.17) is 0 Å². The smallest absolute Gasteiger partial charge is 0.328 e. The quantitative estimate of drug-likeness (QED) is 0.825. The van der Waals surface area contributed by atoms with Crippen molar-refractivity contribution in [2.24, 2.45) is 0 Å². The molecule has 1 aromatic rings. The van der Waals surface area contributed by atoms with Crippen LogP contribution in [0.15, 0.2) is 24.3 Å². The number of carboxylic acid groups (broad SMARTS) is 1. The molecular formula is C14H21NO2. The summed E-state index contributed by atoms with van der Waals surface area (Å²) in [6.07, 6.45) is 0.898. The van der Waals surface area contributed by atoms with Gasteiger partial charge in [-0.25, -0.2) is 4.79 Å². The number of aliphatic carboxylic acids is 1. The highest BCUT2D eigenvalue weighted by atomic mass is 16.4. The van der Waals surface area contributed by atoms with Gasteiger partial charge in [-0.2, -0.15) is 0 Å². The Labute approximate surface area is 103 Å². The van der Waals surface area contributed by atoms with Gasteiger partial charge < -0.3 is 5.11 Å². The van der Waals surface area contributed by atoms with Crippen molar-refractivity contribution in [2.45, 2.75) is 45.7 Å². The van der Waals surface area contributed by atoms with Crippen molar-refractivity contribution in [1.82, 2.24) is 5.32 Å². The maximum atomic E-state index is 11.5. The second-order valence-electron chi connectivity index (χ2n) is 4.75. The summed E-state index contributed by atoms with van der Waals surface area (Å²) in [4.78, 5) is 11.5. The van der Waals surface area contributed by atoms with Crippen LogP contribution in [0.2, 0.25) is 0 Å². The molecule has 0 heterocycles. The number of hydrogen-bond acceptors (Lipinski definition) is 2. The van der Waals surface area contributed by atoms with Crippen molar-refractivity contribution in [1.29, 1.82) is 0 Å². The second kappa shape index (κ2) is 5.32. The first-order chi connectivity index (χ1) is 7.90. The third kappa shape index (κ3) is 3.07. The Balaban J connectivity index is 3.07. The minimum atomic E-state index is -1.02. The summed E-state index contributed by atoms with van der Waals surface area (Å²) in [5.74, 6) is -0.846. The Morgan fingerprint density at radius 1 is 1.41 bits per heavy atom. The number of nitrogens with one attached hydrogen (secondary N) is 1. The van der Waals surface area contributed by atoms with Crippen molar-refractivity contribution in [2.75, 3.05) is 0 Å². The van der Waals surface area contributed by atoms with E-state index in [9.17, 15) is 9.90 Å². The van der Waals surface area contributed by atoms with Gasteiger partial charge in [0.25, 0.3) is 0 Å². The van der Waals surface area contributed by atoms with E-state index >= 15 is 0 Å². The Bertz CT molecular complexity index is 386. The Hall–Kier alpha value is -1.35. The number of aryl methyl sites for hydroxylation is 1. The van der Waals surface area contributed by atoms with Crippen LogP contribution in [0, 0.1) is 6.92 Å². The van der Waals surface area contributed by atoms with Crippen LogP contribution in [0.25, 0.3) is 0 Å². The fraction of sp³-hybridized carbons (Fsp3) is 0.500. The number of benzene rings is 1. The lowest BCUT2D eigenvalue weighted by Crippen LogP contribution is -2.50. The van der Waals surface area contributed by atoms with Crippen LogP contribution in [0.5, 0.6) is 0 Å². The van der Waals surface area contributed by atoms with Crippen LogP contribution in [-0.2, 0) is 10.3 Å². The molecular weight excluding hydrogens is 214 g/mol. The van der Waals surface area contributed by atoms with Crippen molar-refractivity contribution in [3.63, 3.8) is 0 Å². The summed E-state index contributed by atoms with van der Waals surface area (Å²) in [5, 5.41) is 12.6. The van der Waals surface area contributed by atoms with E-state index in [1.807, 2.05) is 45.0 Å². The van der Waals surface area contributed by atoms with E-state index in [0.29, 0.717) is 0 Å². The van der Waals surface area contributed by atoms with E-state index in [1.165, 1.54) is 0 Å². The molecule has 2 atom stereocenters. The molecule has 94 valence electrons. The molecule has 0 spiro atoms. The number of carboxylic acids is 1. The molecule has 0 aliphatic heterocycles. The Kier molecular flexibility index (Phi) is 4.29. The Morgan fingerprint density at radius 3 is 2.35 bits per heavy atom. The predicted octanol–water partition coefficient (Wildman–Crippen LogP) is 2.68. The van der Waals surface area contributed by atoms with Crippen LogP contribution >= 0.6 is 0 Å². The number of carbonyl (C=O) groups is 1. The van der Waals surface area contributed by atoms with Crippen LogP contribution in [0.4, 0.5) is 0 Å². The zero-order valence-corrected chi connectivity index (χ0v) is 10.9. The van der Waals surface area contributed by atoms with Crippen LogP contribution < -0.4 is 5.32 Å². The number of rotatable bonds is 5. The van der Waals surface area contributed by atoms with Gasteiger partial charge in [0.1, 0.15) is 5.54 Å². The maximum absolute atomic E-state index is 11.5. The van der Waals surface area contributed by atoms with Gasteiger partial charge in [0, 0.05) is 6.04 Å². The maximum Gasteiger partial charge on any atom is 0.328 e. The van der Waals surface area contributed by atoms with Gasteiger partial charge in [-0.15, -0.1) is 0 Å². The van der Waals surface area contributed by atoms with Crippen molar-refractivity contribution in [3.05, 3.63) is 35.4 Å². The van der Waals surface area contributed by atoms with Gasteiger partial charge >= 0.3 is 5.97 Å². The Morgan fingerprint density at radius 2 is 1.94 bits per heavy atom. The average Bonchev–Trinajstić information content (AvgIpc) is 2.29. The van der Waals surface area contributed by atoms with Gasteiger partial charge in [-0.3, -0.25) is 5.32 Å². The first kappa shape index (κ1) is 13.7. The highest BCUT2D eigenvalue weighted by Gasteiger charge is 2.35. The van der Waals surface area contributed by atoms with Gasteiger partial charge in [0.05, 0.1) is 0 Å². The van der Waals surface area contributed by atoms with Crippen molar-refractivity contribution < 1.29 is 9.90 Å². The molecule has 1 aromatic carbocycles. The van der Waals surface area contributed by atoms with Crippen LogP contribution in [-0.4, -0.2) is 17.1 Å². The van der Waals surface area contributed by atoms with Gasteiger partial charge in [0.15, 0.2) is 0 Å². The molecule has 0 aliphatic carbocycles. The third-order valence-corrected chi connectivity index (χ3v) is 3.20. The summed E-state index contributed by atoms with van der Waals surface area (Å²) in [7, 11) is 0. The molecule has 0 aromatic heterocycles. The molecule has 3 heteroatoms. The first-order valence-corrected chi connectivity index (χ1v) is 5.98. The molecule has 0 bridgehead atoms. The van der Waals surface area contributed by atoms with Crippen molar-refractivity contribution >= 4 is 5.97 Å². The van der Waals surface area contributed by atoms with E-state index in [0.717, 1.165) is 17.5 Å². The highest BCUT2D eigenvalue weighted by Crippen LogP contribution is 2.22. The lowest BCUT2D eigenvalue weighted by Gasteiger charge is -2.30. The molecule has 17 heavy (non-hydrogen) atoms. The minimum absolute atomic E-state index is 0.164. The molecule has 0 fully saturated rings. The van der Waals surface area contributed by atoms with E-state index in [2.05, 4.69) is 5.32 Å². The van der Waals surface area contributed by atoms with E-state index in [-0.39, 0.29) is 6.04 Å². The standard InChI is InChI=1S/C14H21NO2/c1-5-11(3)15-14(4,13(16)17)12-8-6-10(2)7-9-12/h6-9,11,15H,5H2,1-4H3,(H,16,17). The fourth-order valence-corrected chi connectivity index (χ4v) is 1.75. The molecule has 2 unspecified atom stereocenters. The molecule has 0 saturated heterocycles. The first-order valence-electron chi connectivity index (χ1n) is 5.98. The summed E-state index contributed by atoms with van der Waals surface area (Å²) in [6.45, 7) is 7.74. The molecule has 0 aliphatic rings. The van der Waals surface area contributed by atoms with E-state index < -0.39 is 11.5 Å². The summed E-state index contributed by atoms with van der Waals surface area (Å²) >= 11 is 0. The van der Waals surface area contributed by atoms with Crippen molar-refractivity contribution in [3.8, 4) is 0 Å². The normalized spacial score (nSPS) is 16.2. The lowest BCUT2D eigenvalue weighted by atomic mass is 9.90. The molecule has 0 radical (unpaired) electrons. The molecule has 1 rings (SSSR count). The minimum Gasteiger partial charge on any atom is -0.480 e.